The van der Waals surface area contributed by atoms with Gasteiger partial charge in [0.1, 0.15) is 0 Å². The molecule has 0 bridgehead atoms. The summed E-state index contributed by atoms with van der Waals surface area (Å²) in [5, 5.41) is 0. The first-order valence-electron chi connectivity index (χ1n) is 5.12. The molecule has 1 aliphatic rings. The average Bonchev–Trinajstić information content (AvgIpc) is 2.17. The molecular formula is C13H17N. The van der Waals surface area contributed by atoms with Crippen LogP contribution < -0.4 is 0 Å². The van der Waals surface area contributed by atoms with Crippen LogP contribution >= 0.6 is 0 Å². The SMILES string of the molecule is Cc1cccc2c1C=CCC2N(C)C. The molecular weight excluding hydrogens is 170 g/mol. The number of hydrogen-bond acceptors (Lipinski definition) is 1. The van der Waals surface area contributed by atoms with E-state index in [1.807, 2.05) is 0 Å². The molecule has 14 heavy (non-hydrogen) atoms. The first-order valence-corrected chi connectivity index (χ1v) is 5.12. The van der Waals surface area contributed by atoms with Gasteiger partial charge in [0.15, 0.2) is 0 Å². The first-order chi connectivity index (χ1) is 6.70. The number of fused-ring (bicyclic) bond motifs is 1. The molecule has 0 spiro atoms. The van der Waals surface area contributed by atoms with Gasteiger partial charge in [0.2, 0.25) is 0 Å². The summed E-state index contributed by atoms with van der Waals surface area (Å²) >= 11 is 0. The zero-order chi connectivity index (χ0) is 10.1. The van der Waals surface area contributed by atoms with E-state index in [1.54, 1.807) is 0 Å². The van der Waals surface area contributed by atoms with Gasteiger partial charge in [-0.2, -0.15) is 0 Å². The van der Waals surface area contributed by atoms with Crippen LogP contribution in [0, 0.1) is 6.92 Å². The number of aryl methyl sites for hydroxylation is 1. The Morgan fingerprint density at radius 3 is 2.79 bits per heavy atom. The van der Waals surface area contributed by atoms with Crippen LogP contribution in [0.15, 0.2) is 24.3 Å². The molecule has 0 aliphatic heterocycles. The van der Waals surface area contributed by atoms with Crippen LogP contribution in [0.25, 0.3) is 6.08 Å². The Bertz CT molecular complexity index is 363. The molecule has 1 heteroatoms. The number of benzene rings is 1. The van der Waals surface area contributed by atoms with Crippen LogP contribution in [-0.4, -0.2) is 19.0 Å². The maximum atomic E-state index is 2.29. The summed E-state index contributed by atoms with van der Waals surface area (Å²) < 4.78 is 0. The quantitative estimate of drug-likeness (QED) is 0.653. The summed E-state index contributed by atoms with van der Waals surface area (Å²) in [6.07, 6.45) is 5.66. The first kappa shape index (κ1) is 9.47. The molecule has 1 aromatic rings. The minimum absolute atomic E-state index is 0.551. The standard InChI is InChI=1S/C13H17N/c1-10-6-4-8-12-11(10)7-5-9-13(12)14(2)3/h4-8,13H,9H2,1-3H3. The molecule has 1 aliphatic carbocycles. The third-order valence-electron chi connectivity index (χ3n) is 2.98. The second-order valence-electron chi connectivity index (χ2n) is 4.20. The summed E-state index contributed by atoms with van der Waals surface area (Å²) in [7, 11) is 4.30. The molecule has 0 fully saturated rings. The van der Waals surface area contributed by atoms with E-state index in [0.717, 1.165) is 6.42 Å². The Kier molecular flexibility index (Phi) is 2.42. The van der Waals surface area contributed by atoms with Crippen LogP contribution in [0.2, 0.25) is 0 Å². The van der Waals surface area contributed by atoms with E-state index in [4.69, 9.17) is 0 Å². The largest absolute Gasteiger partial charge is 0.302 e. The summed E-state index contributed by atoms with van der Waals surface area (Å²) in [6.45, 7) is 2.18. The summed E-state index contributed by atoms with van der Waals surface area (Å²) in [4.78, 5) is 2.29. The molecule has 2 rings (SSSR count). The Hall–Kier alpha value is -1.08. The van der Waals surface area contributed by atoms with Gasteiger partial charge >= 0.3 is 0 Å². The van der Waals surface area contributed by atoms with Crippen LogP contribution in [0.4, 0.5) is 0 Å². The Balaban J connectivity index is 2.51. The van der Waals surface area contributed by atoms with Crippen molar-refractivity contribution in [1.82, 2.24) is 4.90 Å². The molecule has 0 amide bonds. The number of hydrogen-bond donors (Lipinski definition) is 0. The highest BCUT2D eigenvalue weighted by Gasteiger charge is 2.18. The number of rotatable bonds is 1. The summed E-state index contributed by atoms with van der Waals surface area (Å²) in [5.74, 6) is 0. The fourth-order valence-corrected chi connectivity index (χ4v) is 2.15. The highest BCUT2D eigenvalue weighted by Crippen LogP contribution is 2.32. The van der Waals surface area contributed by atoms with E-state index in [9.17, 15) is 0 Å². The predicted molar refractivity (Wildman–Crippen MR) is 61.3 cm³/mol. The maximum Gasteiger partial charge on any atom is 0.0382 e. The third kappa shape index (κ3) is 1.48. The maximum absolute atomic E-state index is 2.29. The molecule has 0 saturated heterocycles. The average molecular weight is 187 g/mol. The topological polar surface area (TPSA) is 3.24 Å². The molecule has 1 atom stereocenters. The van der Waals surface area contributed by atoms with Crippen molar-refractivity contribution in [3.05, 3.63) is 41.0 Å². The molecule has 0 aromatic heterocycles. The minimum Gasteiger partial charge on any atom is -0.302 e. The monoisotopic (exact) mass is 187 g/mol. The van der Waals surface area contributed by atoms with E-state index in [-0.39, 0.29) is 0 Å². The zero-order valence-corrected chi connectivity index (χ0v) is 9.12. The molecule has 0 N–H and O–H groups in total. The molecule has 0 saturated carbocycles. The van der Waals surface area contributed by atoms with Gasteiger partial charge in [-0.15, -0.1) is 0 Å². The number of nitrogens with zero attached hydrogens (tertiary/aromatic N) is 1. The fourth-order valence-electron chi connectivity index (χ4n) is 2.15. The second kappa shape index (κ2) is 3.58. The minimum atomic E-state index is 0.551. The normalized spacial score (nSPS) is 19.9. The zero-order valence-electron chi connectivity index (χ0n) is 9.12. The van der Waals surface area contributed by atoms with E-state index in [1.165, 1.54) is 16.7 Å². The van der Waals surface area contributed by atoms with E-state index >= 15 is 0 Å². The van der Waals surface area contributed by atoms with Gasteiger partial charge in [0.05, 0.1) is 0 Å². The molecule has 1 nitrogen and oxygen atoms in total. The van der Waals surface area contributed by atoms with Gasteiger partial charge in [-0.3, -0.25) is 0 Å². The van der Waals surface area contributed by atoms with Crippen molar-refractivity contribution < 1.29 is 0 Å². The molecule has 0 heterocycles. The van der Waals surface area contributed by atoms with Gasteiger partial charge in [-0.05, 0) is 44.1 Å². The van der Waals surface area contributed by atoms with Crippen molar-refractivity contribution in [1.29, 1.82) is 0 Å². The van der Waals surface area contributed by atoms with E-state index < -0.39 is 0 Å². The van der Waals surface area contributed by atoms with Crippen molar-refractivity contribution >= 4 is 6.08 Å². The Morgan fingerprint density at radius 1 is 1.29 bits per heavy atom. The lowest BCUT2D eigenvalue weighted by Crippen LogP contribution is -2.21. The lowest BCUT2D eigenvalue weighted by Gasteiger charge is -2.28. The van der Waals surface area contributed by atoms with Crippen LogP contribution in [0.3, 0.4) is 0 Å². The van der Waals surface area contributed by atoms with Gasteiger partial charge < -0.3 is 4.90 Å². The van der Waals surface area contributed by atoms with Crippen molar-refractivity contribution in [2.45, 2.75) is 19.4 Å². The fraction of sp³-hybridized carbons (Fsp3) is 0.385. The second-order valence-corrected chi connectivity index (χ2v) is 4.20. The van der Waals surface area contributed by atoms with Gasteiger partial charge in [0, 0.05) is 6.04 Å². The smallest absolute Gasteiger partial charge is 0.0382 e. The van der Waals surface area contributed by atoms with Crippen molar-refractivity contribution in [2.24, 2.45) is 0 Å². The van der Waals surface area contributed by atoms with Gasteiger partial charge in [0.25, 0.3) is 0 Å². The lowest BCUT2D eigenvalue weighted by atomic mass is 9.89. The van der Waals surface area contributed by atoms with Crippen molar-refractivity contribution in [3.8, 4) is 0 Å². The highest BCUT2D eigenvalue weighted by molar-refractivity contribution is 5.61. The Morgan fingerprint density at radius 2 is 2.07 bits per heavy atom. The predicted octanol–water partition coefficient (Wildman–Crippen LogP) is 3.01. The third-order valence-corrected chi connectivity index (χ3v) is 2.98. The molecule has 1 unspecified atom stereocenters. The van der Waals surface area contributed by atoms with Crippen LogP contribution in [0.1, 0.15) is 29.2 Å². The van der Waals surface area contributed by atoms with Crippen LogP contribution in [0.5, 0.6) is 0 Å². The van der Waals surface area contributed by atoms with Crippen LogP contribution in [-0.2, 0) is 0 Å². The van der Waals surface area contributed by atoms with E-state index in [2.05, 4.69) is 56.3 Å². The summed E-state index contributed by atoms with van der Waals surface area (Å²) in [5.41, 5.74) is 4.26. The van der Waals surface area contributed by atoms with Gasteiger partial charge in [-0.1, -0.05) is 30.4 Å². The highest BCUT2D eigenvalue weighted by atomic mass is 15.1. The van der Waals surface area contributed by atoms with Crippen molar-refractivity contribution in [3.63, 3.8) is 0 Å². The molecule has 1 aromatic carbocycles. The summed E-state index contributed by atoms with van der Waals surface area (Å²) in [6, 6.07) is 7.14. The van der Waals surface area contributed by atoms with E-state index in [0.29, 0.717) is 6.04 Å². The Labute approximate surface area is 86.1 Å². The van der Waals surface area contributed by atoms with Gasteiger partial charge in [-0.25, -0.2) is 0 Å². The molecule has 0 radical (unpaired) electrons. The molecule has 74 valence electrons. The van der Waals surface area contributed by atoms with Crippen molar-refractivity contribution in [2.75, 3.05) is 14.1 Å². The lowest BCUT2D eigenvalue weighted by molar-refractivity contribution is 0.299.